The van der Waals surface area contributed by atoms with E-state index in [0.717, 1.165) is 16.3 Å². The fraction of sp³-hybridized carbons (Fsp3) is 0.414. The predicted molar refractivity (Wildman–Crippen MR) is 153 cm³/mol. The smallest absolute Gasteiger partial charge is 0.243 e. The van der Waals surface area contributed by atoms with Crippen molar-refractivity contribution in [1.82, 2.24) is 9.62 Å². The maximum atomic E-state index is 13.4. The van der Waals surface area contributed by atoms with Gasteiger partial charge in [-0.05, 0) is 65.8 Å². The Labute approximate surface area is 226 Å². The maximum Gasteiger partial charge on any atom is 0.243 e. The molecule has 0 aliphatic heterocycles. The molecule has 38 heavy (non-hydrogen) atoms. The molecule has 0 spiro atoms. The van der Waals surface area contributed by atoms with E-state index in [-0.39, 0.29) is 29.9 Å². The first-order chi connectivity index (χ1) is 18.1. The van der Waals surface area contributed by atoms with E-state index in [1.807, 2.05) is 50.2 Å². The van der Waals surface area contributed by atoms with Crippen molar-refractivity contribution in [3.05, 3.63) is 72.3 Å². The van der Waals surface area contributed by atoms with E-state index >= 15 is 0 Å². The molecule has 0 saturated heterocycles. The van der Waals surface area contributed by atoms with E-state index < -0.39 is 22.1 Å². The van der Waals surface area contributed by atoms with Crippen LogP contribution in [-0.2, 0) is 21.2 Å². The highest BCUT2D eigenvalue weighted by molar-refractivity contribution is 7.89. The number of nitrogens with one attached hydrogen (secondary N) is 1. The lowest BCUT2D eigenvalue weighted by molar-refractivity contribution is -0.122. The molecule has 0 bridgehead atoms. The number of anilines is 1. The normalized spacial score (nSPS) is 13.6. The number of sulfonamides is 1. The largest absolute Gasteiger partial charge is 0.399 e. The predicted octanol–water partition coefficient (Wildman–Crippen LogP) is 3.29. The standard InChI is InChI=1S/C29H40N4O4S/c1-21(2)19-33(38(36,37)27-14-12-25(30)13-15-27)26(20-34)9-5-6-16-32-29(35)28(31)18-22-10-11-23-7-3-4-8-24(23)17-22/h3-4,7-8,10-15,17,21,26,28,34H,5-6,9,16,18-20,30-31H2,1-2H3,(H,32,35). The number of nitrogen functional groups attached to an aromatic ring is 1. The van der Waals surface area contributed by atoms with Crippen LogP contribution in [0, 0.1) is 5.92 Å². The van der Waals surface area contributed by atoms with Gasteiger partial charge < -0.3 is 21.9 Å². The summed E-state index contributed by atoms with van der Waals surface area (Å²) in [5.74, 6) is -0.139. The number of benzene rings is 3. The average molecular weight is 541 g/mol. The molecule has 9 heteroatoms. The van der Waals surface area contributed by atoms with Crippen LogP contribution < -0.4 is 16.8 Å². The van der Waals surface area contributed by atoms with Gasteiger partial charge in [-0.1, -0.05) is 62.7 Å². The summed E-state index contributed by atoms with van der Waals surface area (Å²) in [5, 5.41) is 15.2. The summed E-state index contributed by atoms with van der Waals surface area (Å²) in [6.45, 7) is 4.31. The fourth-order valence-corrected chi connectivity index (χ4v) is 6.27. The fourth-order valence-electron chi connectivity index (χ4n) is 4.46. The van der Waals surface area contributed by atoms with Crippen molar-refractivity contribution in [1.29, 1.82) is 0 Å². The number of amides is 1. The Bertz CT molecular complexity index is 1300. The van der Waals surface area contributed by atoms with Gasteiger partial charge in [0.15, 0.2) is 0 Å². The number of carbonyl (C=O) groups excluding carboxylic acids is 1. The minimum atomic E-state index is -3.80. The summed E-state index contributed by atoms with van der Waals surface area (Å²) in [4.78, 5) is 12.7. The molecule has 2 atom stereocenters. The summed E-state index contributed by atoms with van der Waals surface area (Å²) in [6, 6.07) is 19.0. The van der Waals surface area contributed by atoms with Crippen molar-refractivity contribution < 1.29 is 18.3 Å². The molecule has 8 nitrogen and oxygen atoms in total. The van der Waals surface area contributed by atoms with Crippen LogP contribution in [0.15, 0.2) is 71.6 Å². The molecule has 0 heterocycles. The van der Waals surface area contributed by atoms with Gasteiger partial charge in [-0.2, -0.15) is 4.31 Å². The van der Waals surface area contributed by atoms with Gasteiger partial charge in [0.1, 0.15) is 0 Å². The van der Waals surface area contributed by atoms with Crippen LogP contribution in [0.4, 0.5) is 5.69 Å². The topological polar surface area (TPSA) is 139 Å². The summed E-state index contributed by atoms with van der Waals surface area (Å²) in [6.07, 6.45) is 2.19. The third-order valence-corrected chi connectivity index (χ3v) is 8.45. The van der Waals surface area contributed by atoms with Crippen LogP contribution in [-0.4, -0.2) is 55.5 Å². The molecule has 1 amide bonds. The Balaban J connectivity index is 1.51. The van der Waals surface area contributed by atoms with Crippen molar-refractivity contribution in [3.63, 3.8) is 0 Å². The highest BCUT2D eigenvalue weighted by Crippen LogP contribution is 2.23. The number of aliphatic hydroxyl groups is 1. The Morgan fingerprint density at radius 2 is 1.68 bits per heavy atom. The zero-order valence-electron chi connectivity index (χ0n) is 22.2. The van der Waals surface area contributed by atoms with Crippen molar-refractivity contribution in [2.45, 2.75) is 56.5 Å². The minimum Gasteiger partial charge on any atom is -0.399 e. The second-order valence-corrected chi connectivity index (χ2v) is 12.0. The molecule has 0 aliphatic rings. The van der Waals surface area contributed by atoms with Crippen LogP contribution >= 0.6 is 0 Å². The first-order valence-electron chi connectivity index (χ1n) is 13.1. The van der Waals surface area contributed by atoms with Gasteiger partial charge in [-0.3, -0.25) is 4.79 Å². The number of nitrogens with two attached hydrogens (primary N) is 2. The second kappa shape index (κ2) is 13.7. The Morgan fingerprint density at radius 1 is 1.00 bits per heavy atom. The van der Waals surface area contributed by atoms with E-state index in [1.54, 1.807) is 12.1 Å². The van der Waals surface area contributed by atoms with Crippen molar-refractivity contribution in [2.75, 3.05) is 25.4 Å². The second-order valence-electron chi connectivity index (χ2n) is 10.2. The number of rotatable bonds is 14. The van der Waals surface area contributed by atoms with Crippen LogP contribution in [0.25, 0.3) is 10.8 Å². The van der Waals surface area contributed by atoms with Crippen LogP contribution in [0.1, 0.15) is 38.7 Å². The van der Waals surface area contributed by atoms with Crippen LogP contribution in [0.3, 0.4) is 0 Å². The van der Waals surface area contributed by atoms with Gasteiger partial charge in [0.2, 0.25) is 15.9 Å². The Morgan fingerprint density at radius 3 is 2.34 bits per heavy atom. The molecule has 0 aliphatic carbocycles. The number of hydrogen-bond acceptors (Lipinski definition) is 6. The lowest BCUT2D eigenvalue weighted by atomic mass is 10.0. The maximum absolute atomic E-state index is 13.4. The van der Waals surface area contributed by atoms with Crippen LogP contribution in [0.2, 0.25) is 0 Å². The lowest BCUT2D eigenvalue weighted by Gasteiger charge is -2.31. The van der Waals surface area contributed by atoms with Gasteiger partial charge in [0, 0.05) is 24.8 Å². The number of nitrogens with zero attached hydrogens (tertiary/aromatic N) is 1. The zero-order valence-corrected chi connectivity index (χ0v) is 23.0. The quantitative estimate of drug-likeness (QED) is 0.183. The van der Waals surface area contributed by atoms with Crippen molar-refractivity contribution in [3.8, 4) is 0 Å². The summed E-state index contributed by atoms with van der Waals surface area (Å²) >= 11 is 0. The minimum absolute atomic E-state index is 0.0796. The summed E-state index contributed by atoms with van der Waals surface area (Å²) in [5.41, 5.74) is 13.4. The van der Waals surface area contributed by atoms with E-state index in [2.05, 4.69) is 11.4 Å². The molecule has 3 rings (SSSR count). The number of hydrogen-bond donors (Lipinski definition) is 4. The number of aliphatic hydroxyl groups excluding tert-OH is 1. The van der Waals surface area contributed by atoms with Gasteiger partial charge >= 0.3 is 0 Å². The molecule has 6 N–H and O–H groups in total. The zero-order chi connectivity index (χ0) is 27.7. The van der Waals surface area contributed by atoms with Crippen molar-refractivity contribution >= 4 is 32.4 Å². The van der Waals surface area contributed by atoms with Gasteiger partial charge in [0.05, 0.1) is 17.5 Å². The first kappa shape index (κ1) is 29.6. The lowest BCUT2D eigenvalue weighted by Crippen LogP contribution is -2.44. The van der Waals surface area contributed by atoms with Gasteiger partial charge in [-0.15, -0.1) is 0 Å². The molecule has 0 saturated carbocycles. The van der Waals surface area contributed by atoms with Gasteiger partial charge in [0.25, 0.3) is 0 Å². The van der Waals surface area contributed by atoms with E-state index in [4.69, 9.17) is 11.5 Å². The molecular weight excluding hydrogens is 500 g/mol. The SMILES string of the molecule is CC(C)CN(C(CO)CCCCNC(=O)C(N)Cc1ccc2ccccc2c1)S(=O)(=O)c1ccc(N)cc1. The summed E-state index contributed by atoms with van der Waals surface area (Å²) in [7, 11) is -3.80. The third kappa shape index (κ3) is 8.01. The number of carbonyl (C=O) groups is 1. The summed E-state index contributed by atoms with van der Waals surface area (Å²) < 4.78 is 28.1. The Kier molecular flexibility index (Phi) is 10.7. The highest BCUT2D eigenvalue weighted by atomic mass is 32.2. The molecule has 206 valence electrons. The molecule has 3 aromatic rings. The highest BCUT2D eigenvalue weighted by Gasteiger charge is 2.31. The number of fused-ring (bicyclic) bond motifs is 1. The van der Waals surface area contributed by atoms with E-state index in [1.165, 1.54) is 16.4 Å². The Hall–Kier alpha value is -2.98. The molecule has 3 aromatic carbocycles. The number of unbranched alkanes of at least 4 members (excludes halogenated alkanes) is 1. The van der Waals surface area contributed by atoms with Crippen LogP contribution in [0.5, 0.6) is 0 Å². The van der Waals surface area contributed by atoms with E-state index in [0.29, 0.717) is 37.9 Å². The van der Waals surface area contributed by atoms with Gasteiger partial charge in [-0.25, -0.2) is 8.42 Å². The molecule has 0 aromatic heterocycles. The third-order valence-electron chi connectivity index (χ3n) is 6.52. The molecule has 0 radical (unpaired) electrons. The first-order valence-corrected chi connectivity index (χ1v) is 14.5. The molecule has 0 fully saturated rings. The van der Waals surface area contributed by atoms with Crippen molar-refractivity contribution in [2.24, 2.45) is 11.7 Å². The average Bonchev–Trinajstić information content (AvgIpc) is 2.89. The molecule has 2 unspecified atom stereocenters. The monoisotopic (exact) mass is 540 g/mol. The van der Waals surface area contributed by atoms with E-state index in [9.17, 15) is 18.3 Å². The molecular formula is C29H40N4O4S.